The SMILES string of the molecule is CCC[C@@]1(C(=O)c2ccc(Cl)c(Cl)c2)CC(O)CN1. The van der Waals surface area contributed by atoms with Crippen molar-refractivity contribution >= 4 is 29.0 Å². The maximum Gasteiger partial charge on any atom is 0.183 e. The van der Waals surface area contributed by atoms with Crippen LogP contribution in [0.4, 0.5) is 0 Å². The Morgan fingerprint density at radius 2 is 2.21 bits per heavy atom. The summed E-state index contributed by atoms with van der Waals surface area (Å²) in [7, 11) is 0. The zero-order valence-corrected chi connectivity index (χ0v) is 12.3. The standard InChI is InChI=1S/C14H17Cl2NO2/c1-2-5-14(7-10(18)8-17-14)13(19)9-3-4-11(15)12(16)6-9/h3-4,6,10,17-18H,2,5,7-8H2,1H3/t10?,14-/m0/s1. The van der Waals surface area contributed by atoms with Crippen LogP contribution in [-0.2, 0) is 0 Å². The molecule has 1 aromatic rings. The van der Waals surface area contributed by atoms with Crippen LogP contribution in [0.3, 0.4) is 0 Å². The molecule has 5 heteroatoms. The van der Waals surface area contributed by atoms with Crippen LogP contribution in [0.25, 0.3) is 0 Å². The number of carbonyl (C=O) groups excluding carboxylic acids is 1. The first-order valence-electron chi connectivity index (χ1n) is 6.41. The molecule has 1 aliphatic heterocycles. The van der Waals surface area contributed by atoms with Gasteiger partial charge in [-0.05, 0) is 24.6 Å². The van der Waals surface area contributed by atoms with Crippen LogP contribution in [0.1, 0.15) is 36.5 Å². The van der Waals surface area contributed by atoms with Gasteiger partial charge in [-0.15, -0.1) is 0 Å². The number of β-amino-alcohol motifs (C(OH)–C–C–N with tert-alkyl or cyclic N) is 1. The van der Waals surface area contributed by atoms with Gasteiger partial charge in [0.25, 0.3) is 0 Å². The fourth-order valence-electron chi connectivity index (χ4n) is 2.68. The molecule has 0 amide bonds. The summed E-state index contributed by atoms with van der Waals surface area (Å²) < 4.78 is 0. The van der Waals surface area contributed by atoms with Crippen LogP contribution in [0.2, 0.25) is 10.0 Å². The Balaban J connectivity index is 2.32. The minimum absolute atomic E-state index is 0.0236. The Labute approximate surface area is 122 Å². The van der Waals surface area contributed by atoms with Crippen LogP contribution >= 0.6 is 23.2 Å². The molecule has 0 aliphatic carbocycles. The average molecular weight is 302 g/mol. The molecule has 0 aromatic heterocycles. The molecule has 1 fully saturated rings. The van der Waals surface area contributed by atoms with E-state index in [0.717, 1.165) is 6.42 Å². The van der Waals surface area contributed by atoms with E-state index in [1.165, 1.54) is 0 Å². The van der Waals surface area contributed by atoms with Crippen molar-refractivity contribution in [3.63, 3.8) is 0 Å². The van der Waals surface area contributed by atoms with Crippen LogP contribution in [0, 0.1) is 0 Å². The van der Waals surface area contributed by atoms with Crippen molar-refractivity contribution in [2.75, 3.05) is 6.54 Å². The summed E-state index contributed by atoms with van der Waals surface area (Å²) in [6.45, 7) is 2.48. The Kier molecular flexibility index (Phi) is 4.51. The highest BCUT2D eigenvalue weighted by molar-refractivity contribution is 6.42. The number of Topliss-reactive ketones (excluding diaryl/α,β-unsaturated/α-hetero) is 1. The van der Waals surface area contributed by atoms with Crippen LogP contribution < -0.4 is 5.32 Å². The van der Waals surface area contributed by atoms with Crippen molar-refractivity contribution in [3.8, 4) is 0 Å². The summed E-state index contributed by atoms with van der Waals surface area (Å²) in [5.41, 5.74) is -0.143. The molecule has 3 nitrogen and oxygen atoms in total. The number of hydrogen-bond acceptors (Lipinski definition) is 3. The number of nitrogens with one attached hydrogen (secondary N) is 1. The number of aliphatic hydroxyl groups excluding tert-OH is 1. The molecule has 0 bridgehead atoms. The first-order chi connectivity index (χ1) is 8.98. The normalized spacial score (nSPS) is 26.6. The highest BCUT2D eigenvalue weighted by Gasteiger charge is 2.43. The molecule has 104 valence electrons. The smallest absolute Gasteiger partial charge is 0.183 e. The van der Waals surface area contributed by atoms with E-state index in [2.05, 4.69) is 5.32 Å². The Hall–Kier alpha value is -0.610. The zero-order valence-electron chi connectivity index (χ0n) is 10.7. The summed E-state index contributed by atoms with van der Waals surface area (Å²) in [4.78, 5) is 12.7. The van der Waals surface area contributed by atoms with Crippen molar-refractivity contribution in [1.29, 1.82) is 0 Å². The lowest BCUT2D eigenvalue weighted by atomic mass is 9.83. The number of carbonyl (C=O) groups is 1. The van der Waals surface area contributed by atoms with Gasteiger partial charge in [0.1, 0.15) is 0 Å². The largest absolute Gasteiger partial charge is 0.392 e. The molecule has 0 spiro atoms. The summed E-state index contributed by atoms with van der Waals surface area (Å²) in [5.74, 6) is -0.0236. The molecule has 2 atom stereocenters. The molecule has 2 rings (SSSR count). The predicted molar refractivity (Wildman–Crippen MR) is 77.1 cm³/mol. The number of rotatable bonds is 4. The van der Waals surface area contributed by atoms with Gasteiger partial charge in [0.15, 0.2) is 5.78 Å². The lowest BCUT2D eigenvalue weighted by molar-refractivity contribution is 0.0837. The quantitative estimate of drug-likeness (QED) is 0.840. The van der Waals surface area contributed by atoms with Gasteiger partial charge in [0.2, 0.25) is 0 Å². The molecule has 1 saturated heterocycles. The highest BCUT2D eigenvalue weighted by Crippen LogP contribution is 2.31. The number of benzene rings is 1. The highest BCUT2D eigenvalue weighted by atomic mass is 35.5. The number of hydrogen-bond donors (Lipinski definition) is 2. The first kappa shape index (κ1) is 14.8. The number of halogens is 2. The summed E-state index contributed by atoms with van der Waals surface area (Å²) in [6.07, 6.45) is 1.54. The third kappa shape index (κ3) is 2.95. The maximum atomic E-state index is 12.7. The lowest BCUT2D eigenvalue weighted by Gasteiger charge is -2.27. The fourth-order valence-corrected chi connectivity index (χ4v) is 2.98. The Morgan fingerprint density at radius 3 is 2.74 bits per heavy atom. The molecule has 0 radical (unpaired) electrons. The molecule has 1 unspecified atom stereocenters. The van der Waals surface area contributed by atoms with Gasteiger partial charge in [0, 0.05) is 18.5 Å². The maximum absolute atomic E-state index is 12.7. The van der Waals surface area contributed by atoms with E-state index >= 15 is 0 Å². The van der Waals surface area contributed by atoms with E-state index in [4.69, 9.17) is 23.2 Å². The van der Waals surface area contributed by atoms with Crippen LogP contribution in [-0.4, -0.2) is 29.1 Å². The number of ketones is 1. The third-order valence-electron chi connectivity index (χ3n) is 3.55. The van der Waals surface area contributed by atoms with Gasteiger partial charge < -0.3 is 10.4 Å². The zero-order chi connectivity index (χ0) is 14.0. The molecule has 0 saturated carbocycles. The summed E-state index contributed by atoms with van der Waals surface area (Å²) in [5, 5.41) is 13.7. The van der Waals surface area contributed by atoms with E-state index < -0.39 is 11.6 Å². The second-order valence-electron chi connectivity index (χ2n) is 5.03. The molecule has 1 aromatic carbocycles. The minimum Gasteiger partial charge on any atom is -0.392 e. The number of aliphatic hydroxyl groups is 1. The topological polar surface area (TPSA) is 49.3 Å². The molecular weight excluding hydrogens is 285 g/mol. The predicted octanol–water partition coefficient (Wildman–Crippen LogP) is 3.07. The molecule has 1 heterocycles. The van der Waals surface area contributed by atoms with E-state index in [1.807, 2.05) is 6.92 Å². The van der Waals surface area contributed by atoms with E-state index in [0.29, 0.717) is 35.0 Å². The van der Waals surface area contributed by atoms with Crippen molar-refractivity contribution in [1.82, 2.24) is 5.32 Å². The summed E-state index contributed by atoms with van der Waals surface area (Å²) >= 11 is 11.8. The van der Waals surface area contributed by atoms with Gasteiger partial charge in [-0.1, -0.05) is 36.5 Å². The van der Waals surface area contributed by atoms with Crippen LogP contribution in [0.15, 0.2) is 18.2 Å². The van der Waals surface area contributed by atoms with E-state index in [9.17, 15) is 9.90 Å². The van der Waals surface area contributed by atoms with Crippen molar-refractivity contribution in [3.05, 3.63) is 33.8 Å². The minimum atomic E-state index is -0.675. The van der Waals surface area contributed by atoms with Crippen molar-refractivity contribution in [2.45, 2.75) is 37.8 Å². The summed E-state index contributed by atoms with van der Waals surface area (Å²) in [6, 6.07) is 4.90. The Bertz CT molecular complexity index is 488. The van der Waals surface area contributed by atoms with Gasteiger partial charge in [-0.2, -0.15) is 0 Å². The molecule has 19 heavy (non-hydrogen) atoms. The molecule has 1 aliphatic rings. The van der Waals surface area contributed by atoms with E-state index in [-0.39, 0.29) is 5.78 Å². The van der Waals surface area contributed by atoms with Crippen molar-refractivity contribution in [2.24, 2.45) is 0 Å². The Morgan fingerprint density at radius 1 is 1.47 bits per heavy atom. The van der Waals surface area contributed by atoms with Gasteiger partial charge >= 0.3 is 0 Å². The third-order valence-corrected chi connectivity index (χ3v) is 4.29. The van der Waals surface area contributed by atoms with E-state index in [1.54, 1.807) is 18.2 Å². The first-order valence-corrected chi connectivity index (χ1v) is 7.17. The van der Waals surface area contributed by atoms with Gasteiger partial charge in [-0.25, -0.2) is 0 Å². The second-order valence-corrected chi connectivity index (χ2v) is 5.84. The van der Waals surface area contributed by atoms with Crippen LogP contribution in [0.5, 0.6) is 0 Å². The molecular formula is C14H17Cl2NO2. The second kappa shape index (κ2) is 5.80. The lowest BCUT2D eigenvalue weighted by Crippen LogP contribution is -2.47. The fraction of sp³-hybridized carbons (Fsp3) is 0.500. The van der Waals surface area contributed by atoms with Gasteiger partial charge in [0.05, 0.1) is 21.7 Å². The van der Waals surface area contributed by atoms with Gasteiger partial charge in [-0.3, -0.25) is 4.79 Å². The monoisotopic (exact) mass is 301 g/mol. The van der Waals surface area contributed by atoms with Crippen molar-refractivity contribution < 1.29 is 9.90 Å². The average Bonchev–Trinajstić information content (AvgIpc) is 2.75. The molecule has 2 N–H and O–H groups in total.